The number of benzene rings is 1. The molecule has 3 rings (SSSR count). The van der Waals surface area contributed by atoms with Crippen LogP contribution in [0.1, 0.15) is 27.0 Å². The molecule has 0 saturated carbocycles. The highest BCUT2D eigenvalue weighted by Crippen LogP contribution is 2.29. The lowest BCUT2D eigenvalue weighted by atomic mass is 9.99. The van der Waals surface area contributed by atoms with E-state index in [1.54, 1.807) is 24.5 Å². The molecule has 1 amide bonds. The quantitative estimate of drug-likeness (QED) is 0.778. The van der Waals surface area contributed by atoms with Gasteiger partial charge in [-0.05, 0) is 55.7 Å². The van der Waals surface area contributed by atoms with Gasteiger partial charge in [0.25, 0.3) is 5.91 Å². The summed E-state index contributed by atoms with van der Waals surface area (Å²) in [4.78, 5) is 20.6. The number of pyridine rings is 1. The number of rotatable bonds is 3. The number of nitrogens with zero attached hydrogens (tertiary/aromatic N) is 2. The highest BCUT2D eigenvalue weighted by Gasteiger charge is 2.11. The number of anilines is 1. The summed E-state index contributed by atoms with van der Waals surface area (Å²) in [5, 5.41) is 5.40. The van der Waals surface area contributed by atoms with E-state index < -0.39 is 0 Å². The SMILES string of the molecule is Cc1cc(C)c(-c2csc(NC(=O)c3ccncc3)n2)cc1C. The number of carbonyl (C=O) groups excluding carboxylic acids is 1. The molecule has 0 fully saturated rings. The van der Waals surface area contributed by atoms with Gasteiger partial charge in [-0.2, -0.15) is 0 Å². The second-order valence-electron chi connectivity index (χ2n) is 5.48. The zero-order chi connectivity index (χ0) is 16.4. The van der Waals surface area contributed by atoms with E-state index in [1.165, 1.54) is 28.0 Å². The minimum Gasteiger partial charge on any atom is -0.298 e. The average Bonchev–Trinajstić information content (AvgIpc) is 3.00. The number of thiazole rings is 1. The summed E-state index contributed by atoms with van der Waals surface area (Å²) in [5.74, 6) is -0.176. The van der Waals surface area contributed by atoms with Crippen molar-refractivity contribution in [2.24, 2.45) is 0 Å². The minimum absolute atomic E-state index is 0.176. The van der Waals surface area contributed by atoms with E-state index in [2.05, 4.69) is 48.2 Å². The molecule has 116 valence electrons. The maximum atomic E-state index is 12.2. The van der Waals surface area contributed by atoms with Crippen molar-refractivity contribution in [3.63, 3.8) is 0 Å². The van der Waals surface area contributed by atoms with Crippen molar-refractivity contribution in [1.82, 2.24) is 9.97 Å². The van der Waals surface area contributed by atoms with Gasteiger partial charge in [-0.3, -0.25) is 15.1 Å². The molecule has 0 aliphatic rings. The molecule has 4 nitrogen and oxygen atoms in total. The monoisotopic (exact) mass is 323 g/mol. The molecule has 0 aliphatic heterocycles. The predicted molar refractivity (Wildman–Crippen MR) is 94.0 cm³/mol. The Morgan fingerprint density at radius 3 is 2.48 bits per heavy atom. The molecule has 2 aromatic heterocycles. The summed E-state index contributed by atoms with van der Waals surface area (Å²) < 4.78 is 0. The predicted octanol–water partition coefficient (Wildman–Crippen LogP) is 4.38. The minimum atomic E-state index is -0.176. The van der Waals surface area contributed by atoms with E-state index in [4.69, 9.17) is 0 Å². The van der Waals surface area contributed by atoms with Crippen molar-refractivity contribution < 1.29 is 4.79 Å². The van der Waals surface area contributed by atoms with E-state index in [1.807, 2.05) is 5.38 Å². The van der Waals surface area contributed by atoms with Crippen LogP contribution in [0.3, 0.4) is 0 Å². The van der Waals surface area contributed by atoms with Crippen LogP contribution in [0, 0.1) is 20.8 Å². The lowest BCUT2D eigenvalue weighted by Gasteiger charge is -2.07. The summed E-state index contributed by atoms with van der Waals surface area (Å²) in [7, 11) is 0. The van der Waals surface area contributed by atoms with Crippen molar-refractivity contribution in [3.8, 4) is 11.3 Å². The summed E-state index contributed by atoms with van der Waals surface area (Å²) in [5.41, 5.74) is 6.26. The Bertz CT molecular complexity index is 856. The van der Waals surface area contributed by atoms with Crippen LogP contribution in [-0.4, -0.2) is 15.9 Å². The van der Waals surface area contributed by atoms with Gasteiger partial charge < -0.3 is 0 Å². The first-order valence-corrected chi connectivity index (χ1v) is 8.17. The van der Waals surface area contributed by atoms with Crippen LogP contribution in [0.15, 0.2) is 42.0 Å². The van der Waals surface area contributed by atoms with Gasteiger partial charge >= 0.3 is 0 Å². The van der Waals surface area contributed by atoms with Crippen LogP contribution >= 0.6 is 11.3 Å². The maximum Gasteiger partial charge on any atom is 0.257 e. The Morgan fingerprint density at radius 2 is 1.74 bits per heavy atom. The van der Waals surface area contributed by atoms with Crippen LogP contribution in [0.2, 0.25) is 0 Å². The molecular weight excluding hydrogens is 306 g/mol. The van der Waals surface area contributed by atoms with Gasteiger partial charge in [0.2, 0.25) is 0 Å². The molecular formula is C18H17N3OS. The average molecular weight is 323 g/mol. The number of nitrogens with one attached hydrogen (secondary N) is 1. The molecule has 0 bridgehead atoms. The molecule has 0 radical (unpaired) electrons. The van der Waals surface area contributed by atoms with Gasteiger partial charge in [-0.25, -0.2) is 4.98 Å². The molecule has 0 spiro atoms. The van der Waals surface area contributed by atoms with Crippen molar-refractivity contribution in [2.45, 2.75) is 20.8 Å². The Kier molecular flexibility index (Phi) is 4.21. The summed E-state index contributed by atoms with van der Waals surface area (Å²) in [6, 6.07) is 7.67. The number of hydrogen-bond donors (Lipinski definition) is 1. The zero-order valence-electron chi connectivity index (χ0n) is 13.3. The first-order valence-electron chi connectivity index (χ1n) is 7.29. The number of aromatic nitrogens is 2. The van der Waals surface area contributed by atoms with Crippen molar-refractivity contribution in [1.29, 1.82) is 0 Å². The summed E-state index contributed by atoms with van der Waals surface area (Å²) in [6.07, 6.45) is 3.20. The Morgan fingerprint density at radius 1 is 1.04 bits per heavy atom. The van der Waals surface area contributed by atoms with E-state index >= 15 is 0 Å². The van der Waals surface area contributed by atoms with Gasteiger partial charge in [0.15, 0.2) is 5.13 Å². The first kappa shape index (κ1) is 15.4. The van der Waals surface area contributed by atoms with Gasteiger partial charge in [0.05, 0.1) is 5.69 Å². The lowest BCUT2D eigenvalue weighted by molar-refractivity contribution is 0.102. The Balaban J connectivity index is 1.84. The van der Waals surface area contributed by atoms with E-state index in [9.17, 15) is 4.79 Å². The standard InChI is InChI=1S/C18H17N3OS/c1-11-8-13(3)15(9-12(11)2)16-10-23-18(20-16)21-17(22)14-4-6-19-7-5-14/h4-10H,1-3H3,(H,20,21,22). The Hall–Kier alpha value is -2.53. The van der Waals surface area contributed by atoms with E-state index in [-0.39, 0.29) is 5.91 Å². The largest absolute Gasteiger partial charge is 0.298 e. The third-order valence-corrected chi connectivity index (χ3v) is 4.54. The molecule has 23 heavy (non-hydrogen) atoms. The zero-order valence-corrected chi connectivity index (χ0v) is 14.1. The van der Waals surface area contributed by atoms with Crippen LogP contribution in [0.25, 0.3) is 11.3 Å². The van der Waals surface area contributed by atoms with E-state index in [0.29, 0.717) is 10.7 Å². The molecule has 1 aromatic carbocycles. The summed E-state index contributed by atoms with van der Waals surface area (Å²) in [6.45, 7) is 6.28. The van der Waals surface area contributed by atoms with Gasteiger partial charge in [-0.15, -0.1) is 11.3 Å². The fourth-order valence-electron chi connectivity index (χ4n) is 2.36. The first-order chi connectivity index (χ1) is 11.0. The molecule has 0 atom stereocenters. The number of carbonyl (C=O) groups is 1. The Labute approximate surface area is 139 Å². The molecule has 2 heterocycles. The molecule has 0 saturated heterocycles. The topological polar surface area (TPSA) is 54.9 Å². The molecule has 1 N–H and O–H groups in total. The van der Waals surface area contributed by atoms with Crippen LogP contribution in [0.4, 0.5) is 5.13 Å². The fourth-order valence-corrected chi connectivity index (χ4v) is 3.07. The van der Waals surface area contributed by atoms with Crippen molar-refractivity contribution in [3.05, 3.63) is 64.3 Å². The number of amides is 1. The maximum absolute atomic E-state index is 12.2. The van der Waals surface area contributed by atoms with Crippen LogP contribution < -0.4 is 5.32 Å². The number of hydrogen-bond acceptors (Lipinski definition) is 4. The molecule has 0 aliphatic carbocycles. The van der Waals surface area contributed by atoms with Crippen LogP contribution in [-0.2, 0) is 0 Å². The van der Waals surface area contributed by atoms with Gasteiger partial charge in [0.1, 0.15) is 0 Å². The third kappa shape index (κ3) is 3.29. The highest BCUT2D eigenvalue weighted by atomic mass is 32.1. The molecule has 3 aromatic rings. The smallest absolute Gasteiger partial charge is 0.257 e. The van der Waals surface area contributed by atoms with Gasteiger partial charge in [-0.1, -0.05) is 6.07 Å². The fraction of sp³-hybridized carbons (Fsp3) is 0.167. The third-order valence-electron chi connectivity index (χ3n) is 3.78. The highest BCUT2D eigenvalue weighted by molar-refractivity contribution is 7.14. The van der Waals surface area contributed by atoms with Gasteiger partial charge in [0, 0.05) is 28.9 Å². The second kappa shape index (κ2) is 6.30. The van der Waals surface area contributed by atoms with Crippen LogP contribution in [0.5, 0.6) is 0 Å². The molecule has 5 heteroatoms. The van der Waals surface area contributed by atoms with E-state index in [0.717, 1.165) is 11.3 Å². The van der Waals surface area contributed by atoms with Crippen molar-refractivity contribution in [2.75, 3.05) is 5.32 Å². The normalized spacial score (nSPS) is 10.6. The number of aryl methyl sites for hydroxylation is 3. The lowest BCUT2D eigenvalue weighted by Crippen LogP contribution is -2.11. The summed E-state index contributed by atoms with van der Waals surface area (Å²) >= 11 is 1.43. The van der Waals surface area contributed by atoms with Crippen molar-refractivity contribution >= 4 is 22.4 Å². The second-order valence-corrected chi connectivity index (χ2v) is 6.34. The molecule has 0 unspecified atom stereocenters.